The standard InChI is InChI=1S/C8H4BrFN2O/c9-5-1-6(8(10)12-2-5)7-3-11-4-13-7/h1-4H. The number of nitrogens with zero attached hydrogens (tertiary/aromatic N) is 2. The van der Waals surface area contributed by atoms with E-state index in [2.05, 4.69) is 25.9 Å². The van der Waals surface area contributed by atoms with Gasteiger partial charge in [0.05, 0.1) is 11.8 Å². The normalized spacial score (nSPS) is 10.3. The Morgan fingerprint density at radius 2 is 2.23 bits per heavy atom. The SMILES string of the molecule is Fc1ncc(Br)cc1-c1cnco1. The van der Waals surface area contributed by atoms with Gasteiger partial charge in [0, 0.05) is 10.7 Å². The first-order valence-electron chi connectivity index (χ1n) is 3.47. The molecule has 0 aliphatic heterocycles. The van der Waals surface area contributed by atoms with Gasteiger partial charge in [-0.25, -0.2) is 9.97 Å². The number of aromatic nitrogens is 2. The van der Waals surface area contributed by atoms with Gasteiger partial charge >= 0.3 is 0 Å². The summed E-state index contributed by atoms with van der Waals surface area (Å²) in [6.07, 6.45) is 4.07. The predicted octanol–water partition coefficient (Wildman–Crippen LogP) is 2.64. The molecule has 0 saturated carbocycles. The van der Waals surface area contributed by atoms with E-state index in [1.165, 1.54) is 18.8 Å². The van der Waals surface area contributed by atoms with Gasteiger partial charge < -0.3 is 4.42 Å². The van der Waals surface area contributed by atoms with Gasteiger partial charge in [-0.2, -0.15) is 4.39 Å². The van der Waals surface area contributed by atoms with Crippen molar-refractivity contribution < 1.29 is 8.81 Å². The van der Waals surface area contributed by atoms with Crippen molar-refractivity contribution in [2.75, 3.05) is 0 Å². The van der Waals surface area contributed by atoms with Crippen LogP contribution in [0.1, 0.15) is 0 Å². The first-order chi connectivity index (χ1) is 6.27. The van der Waals surface area contributed by atoms with Gasteiger partial charge in [-0.1, -0.05) is 0 Å². The van der Waals surface area contributed by atoms with Crippen molar-refractivity contribution >= 4 is 15.9 Å². The Bertz CT molecular complexity index is 416. The third-order valence-corrected chi connectivity index (χ3v) is 1.94. The van der Waals surface area contributed by atoms with Crippen molar-refractivity contribution in [2.45, 2.75) is 0 Å². The molecule has 0 amide bonds. The zero-order valence-electron chi connectivity index (χ0n) is 6.37. The Kier molecular flexibility index (Phi) is 2.10. The lowest BCUT2D eigenvalue weighted by molar-refractivity contribution is 0.550. The number of oxazole rings is 1. The number of pyridine rings is 1. The Hall–Kier alpha value is -1.23. The molecule has 2 aromatic heterocycles. The van der Waals surface area contributed by atoms with Gasteiger partial charge in [0.2, 0.25) is 5.95 Å². The Morgan fingerprint density at radius 3 is 2.92 bits per heavy atom. The van der Waals surface area contributed by atoms with Crippen LogP contribution in [0.25, 0.3) is 11.3 Å². The van der Waals surface area contributed by atoms with Crippen molar-refractivity contribution in [1.29, 1.82) is 0 Å². The Labute approximate surface area is 81.8 Å². The maximum atomic E-state index is 13.1. The van der Waals surface area contributed by atoms with Crippen LogP contribution in [0.5, 0.6) is 0 Å². The summed E-state index contributed by atoms with van der Waals surface area (Å²) in [5.74, 6) is -0.203. The van der Waals surface area contributed by atoms with Crippen LogP contribution in [0.3, 0.4) is 0 Å². The third-order valence-electron chi connectivity index (χ3n) is 1.50. The fourth-order valence-electron chi connectivity index (χ4n) is 0.944. The second kappa shape index (κ2) is 3.26. The average Bonchev–Trinajstić information content (AvgIpc) is 2.61. The van der Waals surface area contributed by atoms with Crippen molar-refractivity contribution in [1.82, 2.24) is 9.97 Å². The fourth-order valence-corrected chi connectivity index (χ4v) is 1.28. The molecule has 0 atom stereocenters. The average molecular weight is 243 g/mol. The van der Waals surface area contributed by atoms with Crippen LogP contribution in [0.4, 0.5) is 4.39 Å². The van der Waals surface area contributed by atoms with E-state index in [1.54, 1.807) is 6.07 Å². The maximum absolute atomic E-state index is 13.1. The summed E-state index contributed by atoms with van der Waals surface area (Å²) in [7, 11) is 0. The van der Waals surface area contributed by atoms with Crippen molar-refractivity contribution in [3.05, 3.63) is 35.3 Å². The second-order valence-electron chi connectivity index (χ2n) is 2.36. The van der Waals surface area contributed by atoms with Gasteiger partial charge in [-0.3, -0.25) is 0 Å². The molecule has 0 spiro atoms. The molecule has 66 valence electrons. The summed E-state index contributed by atoms with van der Waals surface area (Å²) >= 11 is 3.19. The summed E-state index contributed by atoms with van der Waals surface area (Å²) in [5, 5.41) is 0. The van der Waals surface area contributed by atoms with Crippen LogP contribution in [-0.2, 0) is 0 Å². The highest BCUT2D eigenvalue weighted by Crippen LogP contribution is 2.23. The van der Waals surface area contributed by atoms with Crippen molar-refractivity contribution in [2.24, 2.45) is 0 Å². The smallest absolute Gasteiger partial charge is 0.224 e. The van der Waals surface area contributed by atoms with E-state index in [-0.39, 0.29) is 0 Å². The molecule has 5 heteroatoms. The minimum Gasteiger partial charge on any atom is -0.443 e. The molecule has 0 unspecified atom stereocenters. The first kappa shape index (κ1) is 8.37. The van der Waals surface area contributed by atoms with E-state index < -0.39 is 5.95 Å². The van der Waals surface area contributed by atoms with Gasteiger partial charge in [0.25, 0.3) is 0 Å². The summed E-state index contributed by atoms with van der Waals surface area (Å²) in [4.78, 5) is 7.23. The zero-order valence-corrected chi connectivity index (χ0v) is 7.95. The Balaban J connectivity index is 2.57. The highest BCUT2D eigenvalue weighted by atomic mass is 79.9. The maximum Gasteiger partial charge on any atom is 0.224 e. The van der Waals surface area contributed by atoms with Crippen molar-refractivity contribution in [3.8, 4) is 11.3 Å². The molecular weight excluding hydrogens is 239 g/mol. The molecule has 0 radical (unpaired) electrons. The van der Waals surface area contributed by atoms with Gasteiger partial charge in [-0.15, -0.1) is 0 Å². The van der Waals surface area contributed by atoms with Crippen LogP contribution in [0, 0.1) is 5.95 Å². The van der Waals surface area contributed by atoms with E-state index in [0.717, 1.165) is 0 Å². The van der Waals surface area contributed by atoms with Crippen LogP contribution in [-0.4, -0.2) is 9.97 Å². The van der Waals surface area contributed by atoms with Crippen LogP contribution >= 0.6 is 15.9 Å². The lowest BCUT2D eigenvalue weighted by Crippen LogP contribution is -1.86. The van der Waals surface area contributed by atoms with E-state index in [1.807, 2.05) is 0 Å². The molecule has 0 fully saturated rings. The molecule has 2 heterocycles. The molecule has 0 aliphatic rings. The molecule has 0 N–H and O–H groups in total. The fraction of sp³-hybridized carbons (Fsp3) is 0. The van der Waals surface area contributed by atoms with E-state index in [9.17, 15) is 4.39 Å². The number of halogens is 2. The number of hydrogen-bond acceptors (Lipinski definition) is 3. The van der Waals surface area contributed by atoms with E-state index in [4.69, 9.17) is 4.42 Å². The number of hydrogen-bond donors (Lipinski definition) is 0. The quantitative estimate of drug-likeness (QED) is 0.722. The minimum absolute atomic E-state index is 0.298. The monoisotopic (exact) mass is 242 g/mol. The van der Waals surface area contributed by atoms with E-state index >= 15 is 0 Å². The third kappa shape index (κ3) is 1.60. The number of rotatable bonds is 1. The summed E-state index contributed by atoms with van der Waals surface area (Å²) in [6.45, 7) is 0. The first-order valence-corrected chi connectivity index (χ1v) is 4.26. The van der Waals surface area contributed by atoms with Gasteiger partial charge in [-0.05, 0) is 22.0 Å². The molecule has 3 nitrogen and oxygen atoms in total. The minimum atomic E-state index is -0.569. The molecule has 0 saturated heterocycles. The molecule has 13 heavy (non-hydrogen) atoms. The summed E-state index contributed by atoms with van der Waals surface area (Å²) in [5.41, 5.74) is 0.298. The second-order valence-corrected chi connectivity index (χ2v) is 3.27. The van der Waals surface area contributed by atoms with Crippen LogP contribution < -0.4 is 0 Å². The predicted molar refractivity (Wildman–Crippen MR) is 47.4 cm³/mol. The Morgan fingerprint density at radius 1 is 1.38 bits per heavy atom. The molecule has 0 aromatic carbocycles. The van der Waals surface area contributed by atoms with Crippen LogP contribution in [0.15, 0.2) is 33.7 Å². The van der Waals surface area contributed by atoms with Gasteiger partial charge in [0.15, 0.2) is 12.2 Å². The highest BCUT2D eigenvalue weighted by molar-refractivity contribution is 9.10. The van der Waals surface area contributed by atoms with Crippen LogP contribution in [0.2, 0.25) is 0 Å². The van der Waals surface area contributed by atoms with Gasteiger partial charge in [0.1, 0.15) is 0 Å². The molecule has 0 bridgehead atoms. The summed E-state index contributed by atoms with van der Waals surface area (Å²) in [6, 6.07) is 1.59. The lowest BCUT2D eigenvalue weighted by atomic mass is 10.2. The highest BCUT2D eigenvalue weighted by Gasteiger charge is 2.09. The van der Waals surface area contributed by atoms with Crippen molar-refractivity contribution in [3.63, 3.8) is 0 Å². The lowest BCUT2D eigenvalue weighted by Gasteiger charge is -1.97. The molecule has 2 aromatic rings. The molecular formula is C8H4BrFN2O. The topological polar surface area (TPSA) is 38.9 Å². The molecule has 2 rings (SSSR count). The van der Waals surface area contributed by atoms with E-state index in [0.29, 0.717) is 15.8 Å². The largest absolute Gasteiger partial charge is 0.443 e. The summed E-state index contributed by atoms with van der Waals surface area (Å²) < 4.78 is 18.8. The molecule has 0 aliphatic carbocycles. The zero-order chi connectivity index (χ0) is 9.26.